The van der Waals surface area contributed by atoms with Gasteiger partial charge in [0.1, 0.15) is 0 Å². The summed E-state index contributed by atoms with van der Waals surface area (Å²) in [5.74, 6) is -1.21. The Bertz CT molecular complexity index is 384. The fourth-order valence-corrected chi connectivity index (χ4v) is 1.26. The standard InChI is InChI=1S/C9H7NO3/c1-4-2-5-6(3-7(4)10)9(12)13-8(5)11/h2-3H,10H2,1H3. The second kappa shape index (κ2) is 2.32. The molecule has 1 aliphatic heterocycles. The lowest BCUT2D eigenvalue weighted by molar-refractivity contribution is 0.0444. The second-order valence-electron chi connectivity index (χ2n) is 2.93. The number of carbonyl (C=O) groups is 2. The molecule has 0 radical (unpaired) electrons. The lowest BCUT2D eigenvalue weighted by Gasteiger charge is -1.99. The van der Waals surface area contributed by atoms with Gasteiger partial charge in [0.15, 0.2) is 0 Å². The number of anilines is 1. The minimum Gasteiger partial charge on any atom is -0.398 e. The third-order valence-electron chi connectivity index (χ3n) is 2.03. The molecule has 1 aromatic carbocycles. The van der Waals surface area contributed by atoms with Gasteiger partial charge in [-0.2, -0.15) is 0 Å². The van der Waals surface area contributed by atoms with Gasteiger partial charge in [0.2, 0.25) is 0 Å². The van der Waals surface area contributed by atoms with Crippen LogP contribution in [0.5, 0.6) is 0 Å². The zero-order valence-electron chi connectivity index (χ0n) is 6.96. The van der Waals surface area contributed by atoms with Crippen LogP contribution in [0.25, 0.3) is 0 Å². The molecular formula is C9H7NO3. The molecule has 0 atom stereocenters. The molecular weight excluding hydrogens is 170 g/mol. The average molecular weight is 177 g/mol. The van der Waals surface area contributed by atoms with Crippen molar-refractivity contribution in [3.63, 3.8) is 0 Å². The van der Waals surface area contributed by atoms with Crippen LogP contribution in [0.3, 0.4) is 0 Å². The number of hydrogen-bond acceptors (Lipinski definition) is 4. The van der Waals surface area contributed by atoms with E-state index in [0.717, 1.165) is 5.56 Å². The zero-order chi connectivity index (χ0) is 9.59. The number of benzene rings is 1. The number of nitrogens with two attached hydrogens (primary N) is 1. The number of ether oxygens (including phenoxy) is 1. The molecule has 0 unspecified atom stereocenters. The van der Waals surface area contributed by atoms with Crippen LogP contribution in [0, 0.1) is 6.92 Å². The maximum Gasteiger partial charge on any atom is 0.346 e. The highest BCUT2D eigenvalue weighted by Gasteiger charge is 2.29. The molecule has 0 bridgehead atoms. The molecule has 1 aromatic rings. The summed E-state index contributed by atoms with van der Waals surface area (Å²) in [4.78, 5) is 22.1. The van der Waals surface area contributed by atoms with Gasteiger partial charge in [-0.25, -0.2) is 9.59 Å². The molecule has 13 heavy (non-hydrogen) atoms. The third kappa shape index (κ3) is 0.989. The molecule has 2 N–H and O–H groups in total. The summed E-state index contributed by atoms with van der Waals surface area (Å²) in [5.41, 5.74) is 7.40. The lowest BCUT2D eigenvalue weighted by atomic mass is 10.0. The largest absolute Gasteiger partial charge is 0.398 e. The van der Waals surface area contributed by atoms with Crippen molar-refractivity contribution in [1.29, 1.82) is 0 Å². The van der Waals surface area contributed by atoms with E-state index in [4.69, 9.17) is 5.73 Å². The van der Waals surface area contributed by atoms with Crippen LogP contribution >= 0.6 is 0 Å². The van der Waals surface area contributed by atoms with E-state index in [9.17, 15) is 9.59 Å². The summed E-state index contributed by atoms with van der Waals surface area (Å²) in [7, 11) is 0. The first-order valence-corrected chi connectivity index (χ1v) is 3.76. The Morgan fingerprint density at radius 3 is 2.31 bits per heavy atom. The van der Waals surface area contributed by atoms with Crippen molar-refractivity contribution in [2.45, 2.75) is 6.92 Å². The number of esters is 2. The van der Waals surface area contributed by atoms with Crippen molar-refractivity contribution in [2.24, 2.45) is 0 Å². The Hall–Kier alpha value is -1.84. The molecule has 0 fully saturated rings. The van der Waals surface area contributed by atoms with Crippen molar-refractivity contribution in [3.8, 4) is 0 Å². The Labute approximate surface area is 74.3 Å². The zero-order valence-corrected chi connectivity index (χ0v) is 6.96. The average Bonchev–Trinajstić information content (AvgIpc) is 2.31. The Kier molecular flexibility index (Phi) is 1.39. The van der Waals surface area contributed by atoms with Crippen LogP contribution in [0.15, 0.2) is 12.1 Å². The van der Waals surface area contributed by atoms with E-state index in [-0.39, 0.29) is 5.56 Å². The maximum atomic E-state index is 11.1. The van der Waals surface area contributed by atoms with E-state index >= 15 is 0 Å². The van der Waals surface area contributed by atoms with Gasteiger partial charge < -0.3 is 10.5 Å². The third-order valence-corrected chi connectivity index (χ3v) is 2.03. The van der Waals surface area contributed by atoms with Gasteiger partial charge in [-0.15, -0.1) is 0 Å². The van der Waals surface area contributed by atoms with Crippen LogP contribution in [0.4, 0.5) is 5.69 Å². The number of fused-ring (bicyclic) bond motifs is 1. The summed E-state index contributed by atoms with van der Waals surface area (Å²) in [5, 5.41) is 0. The molecule has 4 nitrogen and oxygen atoms in total. The van der Waals surface area contributed by atoms with Gasteiger partial charge in [0, 0.05) is 5.69 Å². The molecule has 0 spiro atoms. The second-order valence-corrected chi connectivity index (χ2v) is 2.93. The SMILES string of the molecule is Cc1cc2c(cc1N)C(=O)OC2=O. The van der Waals surface area contributed by atoms with E-state index in [0.29, 0.717) is 11.3 Å². The number of hydrogen-bond donors (Lipinski definition) is 1. The van der Waals surface area contributed by atoms with Gasteiger partial charge in [-0.1, -0.05) is 0 Å². The van der Waals surface area contributed by atoms with E-state index in [1.807, 2.05) is 0 Å². The van der Waals surface area contributed by atoms with E-state index < -0.39 is 11.9 Å². The molecule has 0 saturated heterocycles. The van der Waals surface area contributed by atoms with Crippen LogP contribution in [0.1, 0.15) is 26.3 Å². The summed E-state index contributed by atoms with van der Waals surface area (Å²) in [6, 6.07) is 3.04. The number of carbonyl (C=O) groups excluding carboxylic acids is 2. The number of aryl methyl sites for hydroxylation is 1. The fraction of sp³-hybridized carbons (Fsp3) is 0.111. The number of nitrogen functional groups attached to an aromatic ring is 1. The van der Waals surface area contributed by atoms with Crippen LogP contribution in [-0.2, 0) is 4.74 Å². The summed E-state index contributed by atoms with van der Waals surface area (Å²) in [6.07, 6.45) is 0. The Morgan fingerprint density at radius 1 is 1.15 bits per heavy atom. The smallest absolute Gasteiger partial charge is 0.346 e. The predicted octanol–water partition coefficient (Wildman–Crippen LogP) is 0.888. The van der Waals surface area contributed by atoms with Crippen molar-refractivity contribution < 1.29 is 14.3 Å². The van der Waals surface area contributed by atoms with Crippen molar-refractivity contribution in [3.05, 3.63) is 28.8 Å². The predicted molar refractivity (Wildman–Crippen MR) is 45.3 cm³/mol. The van der Waals surface area contributed by atoms with Gasteiger partial charge in [0.25, 0.3) is 0 Å². The maximum absolute atomic E-state index is 11.1. The van der Waals surface area contributed by atoms with E-state index in [1.165, 1.54) is 6.07 Å². The summed E-state index contributed by atoms with van der Waals surface area (Å²) in [6.45, 7) is 1.77. The quantitative estimate of drug-likeness (QED) is 0.363. The normalized spacial score (nSPS) is 14.2. The van der Waals surface area contributed by atoms with Crippen LogP contribution in [-0.4, -0.2) is 11.9 Å². The minimum atomic E-state index is -0.619. The molecule has 0 amide bonds. The highest BCUT2D eigenvalue weighted by atomic mass is 16.6. The number of cyclic esters (lactones) is 2. The molecule has 66 valence electrons. The molecule has 0 saturated carbocycles. The van der Waals surface area contributed by atoms with Crippen molar-refractivity contribution in [1.82, 2.24) is 0 Å². The lowest BCUT2D eigenvalue weighted by Crippen LogP contribution is -1.97. The van der Waals surface area contributed by atoms with E-state index in [2.05, 4.69) is 4.74 Å². The highest BCUT2D eigenvalue weighted by molar-refractivity contribution is 6.15. The highest BCUT2D eigenvalue weighted by Crippen LogP contribution is 2.24. The molecule has 0 aliphatic carbocycles. The Morgan fingerprint density at radius 2 is 1.69 bits per heavy atom. The Balaban J connectivity index is 2.72. The summed E-state index contributed by atoms with van der Waals surface area (Å²) < 4.78 is 4.41. The minimum absolute atomic E-state index is 0.258. The van der Waals surface area contributed by atoms with Crippen LogP contribution < -0.4 is 5.73 Å². The van der Waals surface area contributed by atoms with Gasteiger partial charge in [0.05, 0.1) is 11.1 Å². The van der Waals surface area contributed by atoms with Gasteiger partial charge in [-0.3, -0.25) is 0 Å². The first-order chi connectivity index (χ1) is 6.09. The fourth-order valence-electron chi connectivity index (χ4n) is 1.26. The van der Waals surface area contributed by atoms with Crippen LogP contribution in [0.2, 0.25) is 0 Å². The molecule has 0 aromatic heterocycles. The topological polar surface area (TPSA) is 69.4 Å². The van der Waals surface area contributed by atoms with Crippen molar-refractivity contribution >= 4 is 17.6 Å². The van der Waals surface area contributed by atoms with Gasteiger partial charge >= 0.3 is 11.9 Å². The summed E-state index contributed by atoms with van der Waals surface area (Å²) >= 11 is 0. The molecule has 2 rings (SSSR count). The molecule has 4 heteroatoms. The monoisotopic (exact) mass is 177 g/mol. The van der Waals surface area contributed by atoms with E-state index in [1.54, 1.807) is 13.0 Å². The molecule has 1 aliphatic rings. The van der Waals surface area contributed by atoms with Crippen molar-refractivity contribution in [2.75, 3.05) is 5.73 Å². The first kappa shape index (κ1) is 7.79. The van der Waals surface area contributed by atoms with Gasteiger partial charge in [-0.05, 0) is 24.6 Å². The number of rotatable bonds is 0. The molecule has 1 heterocycles. The first-order valence-electron chi connectivity index (χ1n) is 3.76.